The molecule has 3 aromatic rings. The van der Waals surface area contributed by atoms with Crippen LogP contribution in [0.3, 0.4) is 0 Å². The number of nitrogens with zero attached hydrogens (tertiary/aromatic N) is 3. The van der Waals surface area contributed by atoms with Crippen molar-refractivity contribution in [2.24, 2.45) is 0 Å². The largest absolute Gasteiger partial charge is 0.419 e. The van der Waals surface area contributed by atoms with E-state index >= 15 is 0 Å². The van der Waals surface area contributed by atoms with Gasteiger partial charge in [-0.1, -0.05) is 23.7 Å². The number of benzene rings is 1. The van der Waals surface area contributed by atoms with Gasteiger partial charge in [0, 0.05) is 23.0 Å². The highest BCUT2D eigenvalue weighted by Crippen LogP contribution is 2.16. The zero-order valence-corrected chi connectivity index (χ0v) is 14.0. The molecule has 1 aromatic carbocycles. The number of hydrogen-bond acceptors (Lipinski definition) is 6. The minimum atomic E-state index is -3.53. The summed E-state index contributed by atoms with van der Waals surface area (Å²) in [5, 5.41) is 8.27. The quantitative estimate of drug-likeness (QED) is 0.721. The van der Waals surface area contributed by atoms with E-state index in [9.17, 15) is 8.42 Å². The van der Waals surface area contributed by atoms with Crippen molar-refractivity contribution < 1.29 is 12.8 Å². The molecule has 0 bridgehead atoms. The first-order valence-electron chi connectivity index (χ1n) is 6.96. The number of nitrogens with one attached hydrogen (secondary N) is 1. The van der Waals surface area contributed by atoms with Crippen molar-refractivity contribution >= 4 is 21.6 Å². The van der Waals surface area contributed by atoms with Crippen LogP contribution in [0, 0.1) is 0 Å². The Kier molecular flexibility index (Phi) is 4.89. The summed E-state index contributed by atoms with van der Waals surface area (Å²) in [6, 6.07) is 10.1. The topological polar surface area (TPSA) is 98.0 Å². The molecular formula is C15H13ClN4O3S. The Hall–Kier alpha value is -2.29. The summed E-state index contributed by atoms with van der Waals surface area (Å²) >= 11 is 5.78. The maximum atomic E-state index is 12.1. The maximum Gasteiger partial charge on any atom is 0.247 e. The molecule has 0 aliphatic carbocycles. The van der Waals surface area contributed by atoms with Gasteiger partial charge in [0.2, 0.25) is 21.8 Å². The summed E-state index contributed by atoms with van der Waals surface area (Å²) in [4.78, 5) is 3.90. The molecule has 0 aliphatic heterocycles. The van der Waals surface area contributed by atoms with E-state index in [1.807, 2.05) is 0 Å². The fourth-order valence-electron chi connectivity index (χ4n) is 1.96. The summed E-state index contributed by atoms with van der Waals surface area (Å²) in [7, 11) is -3.53. The number of halogens is 1. The van der Waals surface area contributed by atoms with Crippen LogP contribution < -0.4 is 4.72 Å². The minimum absolute atomic E-state index is 0.0754. The Morgan fingerprint density at radius 3 is 2.46 bits per heavy atom. The van der Waals surface area contributed by atoms with E-state index in [1.165, 1.54) is 0 Å². The van der Waals surface area contributed by atoms with Crippen molar-refractivity contribution in [3.63, 3.8) is 0 Å². The monoisotopic (exact) mass is 364 g/mol. The van der Waals surface area contributed by atoms with Crippen molar-refractivity contribution in [1.82, 2.24) is 19.9 Å². The summed E-state index contributed by atoms with van der Waals surface area (Å²) in [6.07, 6.45) is 3.21. The van der Waals surface area contributed by atoms with Gasteiger partial charge in [0.15, 0.2) is 0 Å². The highest BCUT2D eigenvalue weighted by atomic mass is 35.5. The molecule has 0 radical (unpaired) electrons. The first-order chi connectivity index (χ1) is 11.5. The molecule has 0 atom stereocenters. The minimum Gasteiger partial charge on any atom is -0.419 e. The molecule has 2 heterocycles. The first-order valence-corrected chi connectivity index (χ1v) is 8.99. The van der Waals surface area contributed by atoms with Crippen LogP contribution >= 0.6 is 11.6 Å². The maximum absolute atomic E-state index is 12.1. The highest BCUT2D eigenvalue weighted by Gasteiger charge is 2.14. The van der Waals surface area contributed by atoms with Crippen molar-refractivity contribution in [1.29, 1.82) is 0 Å². The number of aromatic nitrogens is 3. The van der Waals surface area contributed by atoms with Crippen LogP contribution in [0.4, 0.5) is 0 Å². The molecule has 24 heavy (non-hydrogen) atoms. The number of pyridine rings is 1. The lowest BCUT2D eigenvalue weighted by molar-refractivity contribution is 0.494. The molecule has 9 heteroatoms. The number of hydrogen-bond donors (Lipinski definition) is 1. The second kappa shape index (κ2) is 7.08. The van der Waals surface area contributed by atoms with E-state index in [2.05, 4.69) is 19.9 Å². The van der Waals surface area contributed by atoms with Crippen LogP contribution in [0.25, 0.3) is 11.5 Å². The lowest BCUT2D eigenvalue weighted by Crippen LogP contribution is -2.24. The summed E-state index contributed by atoms with van der Waals surface area (Å²) in [6.45, 7) is -0.0754. The van der Waals surface area contributed by atoms with E-state index in [0.29, 0.717) is 22.0 Å². The third-order valence-electron chi connectivity index (χ3n) is 3.11. The van der Waals surface area contributed by atoms with Crippen LogP contribution in [0.5, 0.6) is 0 Å². The normalized spacial score (nSPS) is 11.5. The Bertz CT molecular complexity index is 911. The predicted molar refractivity (Wildman–Crippen MR) is 88.4 cm³/mol. The standard InChI is InChI=1S/C15H13ClN4O3S/c16-13-3-1-11(2-4-13)10-24(21,22)18-9-14-19-20-15(23-14)12-5-7-17-8-6-12/h1-8,18H,9-10H2. The van der Waals surface area contributed by atoms with Crippen LogP contribution in [0.1, 0.15) is 11.5 Å². The Morgan fingerprint density at radius 2 is 1.75 bits per heavy atom. The van der Waals surface area contributed by atoms with Crippen LogP contribution in [-0.2, 0) is 22.3 Å². The molecule has 0 fully saturated rings. The molecule has 0 aliphatic rings. The van der Waals surface area contributed by atoms with Crippen LogP contribution in [0.15, 0.2) is 53.2 Å². The van der Waals surface area contributed by atoms with Gasteiger partial charge in [-0.15, -0.1) is 10.2 Å². The second-order valence-electron chi connectivity index (χ2n) is 4.94. The second-order valence-corrected chi connectivity index (χ2v) is 7.19. The molecule has 0 saturated heterocycles. The summed E-state index contributed by atoms with van der Waals surface area (Å²) in [5.74, 6) is 0.334. The van der Waals surface area contributed by atoms with Gasteiger partial charge in [-0.3, -0.25) is 4.98 Å². The Balaban J connectivity index is 1.63. The molecule has 0 amide bonds. The zero-order chi connectivity index (χ0) is 17.0. The van der Waals surface area contributed by atoms with Crippen molar-refractivity contribution in [2.45, 2.75) is 12.3 Å². The first kappa shape index (κ1) is 16.6. The molecule has 3 rings (SSSR count). The fraction of sp³-hybridized carbons (Fsp3) is 0.133. The van der Waals surface area contributed by atoms with E-state index < -0.39 is 10.0 Å². The van der Waals surface area contributed by atoms with Gasteiger partial charge in [-0.05, 0) is 29.8 Å². The number of sulfonamides is 1. The summed E-state index contributed by atoms with van der Waals surface area (Å²) < 4.78 is 32.1. The fourth-order valence-corrected chi connectivity index (χ4v) is 3.16. The Labute approximate surface area is 143 Å². The van der Waals surface area contributed by atoms with E-state index in [-0.39, 0.29) is 18.2 Å². The van der Waals surface area contributed by atoms with E-state index in [4.69, 9.17) is 16.0 Å². The lowest BCUT2D eigenvalue weighted by Gasteiger charge is -2.05. The van der Waals surface area contributed by atoms with E-state index in [0.717, 1.165) is 0 Å². The molecule has 0 spiro atoms. The third kappa shape index (κ3) is 4.38. The molecule has 0 saturated carbocycles. The molecule has 124 valence electrons. The smallest absolute Gasteiger partial charge is 0.247 e. The summed E-state index contributed by atoms with van der Waals surface area (Å²) in [5.41, 5.74) is 1.35. The average Bonchev–Trinajstić information content (AvgIpc) is 3.05. The van der Waals surface area contributed by atoms with Crippen molar-refractivity contribution in [2.75, 3.05) is 0 Å². The van der Waals surface area contributed by atoms with Gasteiger partial charge in [0.1, 0.15) is 0 Å². The lowest BCUT2D eigenvalue weighted by atomic mass is 10.2. The third-order valence-corrected chi connectivity index (χ3v) is 4.66. The SMILES string of the molecule is O=S(=O)(Cc1ccc(Cl)cc1)NCc1nnc(-c2ccncc2)o1. The van der Waals surface area contributed by atoms with Crippen LogP contribution in [-0.4, -0.2) is 23.6 Å². The molecule has 0 unspecified atom stereocenters. The van der Waals surface area contributed by atoms with Gasteiger partial charge >= 0.3 is 0 Å². The molecule has 7 nitrogen and oxygen atoms in total. The van der Waals surface area contributed by atoms with Gasteiger partial charge in [-0.2, -0.15) is 0 Å². The average molecular weight is 365 g/mol. The van der Waals surface area contributed by atoms with Gasteiger partial charge < -0.3 is 4.42 Å². The molecular weight excluding hydrogens is 352 g/mol. The van der Waals surface area contributed by atoms with E-state index in [1.54, 1.807) is 48.8 Å². The molecule has 1 N–H and O–H groups in total. The molecule has 2 aromatic heterocycles. The zero-order valence-electron chi connectivity index (χ0n) is 12.4. The van der Waals surface area contributed by atoms with Gasteiger partial charge in [-0.25, -0.2) is 13.1 Å². The van der Waals surface area contributed by atoms with Crippen molar-refractivity contribution in [3.05, 3.63) is 65.3 Å². The van der Waals surface area contributed by atoms with Crippen molar-refractivity contribution in [3.8, 4) is 11.5 Å². The predicted octanol–water partition coefficient (Wildman–Crippen LogP) is 2.40. The number of rotatable bonds is 6. The van der Waals surface area contributed by atoms with Gasteiger partial charge in [0.05, 0.1) is 12.3 Å². The Morgan fingerprint density at radius 1 is 1.04 bits per heavy atom. The van der Waals surface area contributed by atoms with Crippen LogP contribution in [0.2, 0.25) is 5.02 Å². The highest BCUT2D eigenvalue weighted by molar-refractivity contribution is 7.88. The van der Waals surface area contributed by atoms with Gasteiger partial charge in [0.25, 0.3) is 0 Å².